The lowest BCUT2D eigenvalue weighted by Crippen LogP contribution is -2.53. The zero-order chi connectivity index (χ0) is 34.2. The van der Waals surface area contributed by atoms with E-state index in [1.165, 1.54) is 38.5 Å². The van der Waals surface area contributed by atoms with Crippen molar-refractivity contribution in [2.24, 2.45) is 0 Å². The number of ether oxygens (including phenoxy) is 1. The van der Waals surface area contributed by atoms with Gasteiger partial charge in [0.15, 0.2) is 0 Å². The summed E-state index contributed by atoms with van der Waals surface area (Å²) < 4.78 is 15.9. The van der Waals surface area contributed by atoms with Gasteiger partial charge in [-0.25, -0.2) is 0 Å². The monoisotopic (exact) mass is 663 g/mol. The lowest BCUT2D eigenvalue weighted by Gasteiger charge is -2.33. The average Bonchev–Trinajstić information content (AvgIpc) is 3.55. The first-order valence-corrected chi connectivity index (χ1v) is 17.8. The van der Waals surface area contributed by atoms with Gasteiger partial charge in [0.1, 0.15) is 17.2 Å². The number of benzene rings is 8. The second-order valence-corrected chi connectivity index (χ2v) is 13.6. The minimum absolute atomic E-state index is 0.257. The molecule has 0 N–H and O–H groups in total. The molecule has 0 amide bonds. The number of aromatic nitrogens is 1. The van der Waals surface area contributed by atoms with E-state index in [0.29, 0.717) is 0 Å². The number of nitrogens with zero attached hydrogens (tertiary/aromatic N) is 1. The Labute approximate surface area is 302 Å². The molecule has 242 valence electrons. The summed E-state index contributed by atoms with van der Waals surface area (Å²) in [6, 6.07) is 64.8. The fraction of sp³-hybridized carbons (Fsp3) is 0. The first kappa shape index (κ1) is 29.0. The second kappa shape index (κ2) is 11.4. The molecule has 3 nitrogen and oxygen atoms in total. The summed E-state index contributed by atoms with van der Waals surface area (Å²) in [7, 11) is 0. The van der Waals surface area contributed by atoms with Crippen molar-refractivity contribution in [2.45, 2.75) is 0 Å². The van der Waals surface area contributed by atoms with Crippen LogP contribution < -0.4 is 20.3 Å². The number of hydrogen-bond donors (Lipinski definition) is 0. The van der Waals surface area contributed by atoms with Gasteiger partial charge >= 0.3 is 6.92 Å². The minimum atomic E-state index is -0.257. The third kappa shape index (κ3) is 4.48. The molecule has 0 fully saturated rings. The van der Waals surface area contributed by atoms with Crippen LogP contribution in [0.15, 0.2) is 182 Å². The Morgan fingerprint density at radius 3 is 1.81 bits per heavy atom. The van der Waals surface area contributed by atoms with Gasteiger partial charge in [0, 0.05) is 32.9 Å². The Kier molecular flexibility index (Phi) is 6.35. The van der Waals surface area contributed by atoms with Crippen LogP contribution in [-0.2, 0) is 0 Å². The highest BCUT2D eigenvalue weighted by atomic mass is 16.5. The van der Waals surface area contributed by atoms with Crippen molar-refractivity contribution in [3.63, 3.8) is 0 Å². The van der Waals surface area contributed by atoms with Crippen LogP contribution in [0.3, 0.4) is 0 Å². The molecule has 8 aromatic carbocycles. The van der Waals surface area contributed by atoms with E-state index in [-0.39, 0.29) is 6.92 Å². The largest absolute Gasteiger partial charge is 0.551 e. The number of rotatable bonds is 4. The minimum Gasteiger partial charge on any atom is -0.551 e. The highest BCUT2D eigenvalue weighted by Crippen LogP contribution is 2.42. The van der Waals surface area contributed by atoms with Crippen LogP contribution in [0, 0.1) is 0 Å². The smallest absolute Gasteiger partial charge is 0.434 e. The lowest BCUT2D eigenvalue weighted by atomic mass is 9.51. The molecular weight excluding hydrogens is 633 g/mol. The van der Waals surface area contributed by atoms with Crippen molar-refractivity contribution in [1.29, 1.82) is 0 Å². The molecule has 9 aromatic rings. The third-order valence-electron chi connectivity index (χ3n) is 10.7. The first-order valence-electron chi connectivity index (χ1n) is 17.8. The number of para-hydroxylation sites is 2. The van der Waals surface area contributed by atoms with Crippen molar-refractivity contribution >= 4 is 39.6 Å². The van der Waals surface area contributed by atoms with Gasteiger partial charge in [-0.2, -0.15) is 0 Å². The Bertz CT molecular complexity index is 2820. The second-order valence-electron chi connectivity index (χ2n) is 13.6. The molecule has 4 heteroatoms. The van der Waals surface area contributed by atoms with Crippen molar-refractivity contribution in [3.05, 3.63) is 182 Å². The highest BCUT2D eigenvalue weighted by Gasteiger charge is 2.40. The van der Waals surface area contributed by atoms with Crippen LogP contribution in [0.5, 0.6) is 17.2 Å². The summed E-state index contributed by atoms with van der Waals surface area (Å²) in [6.45, 7) is -0.257. The van der Waals surface area contributed by atoms with Gasteiger partial charge in [0.2, 0.25) is 0 Å². The molecule has 0 aliphatic carbocycles. The van der Waals surface area contributed by atoms with Crippen molar-refractivity contribution in [2.75, 3.05) is 0 Å². The molecule has 0 spiro atoms. The topological polar surface area (TPSA) is 23.4 Å². The zero-order valence-electron chi connectivity index (χ0n) is 28.2. The Hall–Kier alpha value is -6.78. The van der Waals surface area contributed by atoms with Crippen molar-refractivity contribution in [3.8, 4) is 67.4 Å². The quantitative estimate of drug-likeness (QED) is 0.175. The Morgan fingerprint density at radius 2 is 1.00 bits per heavy atom. The summed E-state index contributed by atoms with van der Waals surface area (Å²) in [6.07, 6.45) is 0. The number of hydrogen-bond acceptors (Lipinski definition) is 2. The summed E-state index contributed by atoms with van der Waals surface area (Å²) in [5.41, 5.74) is 14.8. The molecule has 2 aliphatic heterocycles. The van der Waals surface area contributed by atoms with E-state index in [4.69, 9.17) is 9.39 Å². The van der Waals surface area contributed by atoms with Gasteiger partial charge in [-0.3, -0.25) is 0 Å². The van der Waals surface area contributed by atoms with Crippen LogP contribution in [0.2, 0.25) is 0 Å². The molecule has 0 saturated heterocycles. The molecule has 0 unspecified atom stereocenters. The maximum Gasteiger partial charge on any atom is 0.434 e. The summed E-state index contributed by atoms with van der Waals surface area (Å²) in [5.74, 6) is 2.55. The predicted octanol–water partition coefficient (Wildman–Crippen LogP) is 11.1. The van der Waals surface area contributed by atoms with Crippen molar-refractivity contribution in [1.82, 2.24) is 4.57 Å². The van der Waals surface area contributed by atoms with Crippen LogP contribution >= 0.6 is 0 Å². The fourth-order valence-electron chi connectivity index (χ4n) is 8.24. The van der Waals surface area contributed by atoms with Crippen LogP contribution in [0.25, 0.3) is 72.0 Å². The molecule has 1 aromatic heterocycles. The van der Waals surface area contributed by atoms with Gasteiger partial charge in [0.25, 0.3) is 0 Å². The normalized spacial score (nSPS) is 12.5. The van der Waals surface area contributed by atoms with Gasteiger partial charge < -0.3 is 14.0 Å². The van der Waals surface area contributed by atoms with Crippen LogP contribution in [0.1, 0.15) is 0 Å². The first-order chi connectivity index (χ1) is 25.8. The maximum atomic E-state index is 6.86. The number of fused-ring (bicyclic) bond motifs is 7. The van der Waals surface area contributed by atoms with Gasteiger partial charge in [-0.15, -0.1) is 0 Å². The summed E-state index contributed by atoms with van der Waals surface area (Å²) in [5, 5.41) is 2.51. The molecule has 0 bridgehead atoms. The van der Waals surface area contributed by atoms with E-state index in [1.54, 1.807) is 0 Å². The zero-order valence-corrected chi connectivity index (χ0v) is 28.2. The Balaban J connectivity index is 0.959. The molecular formula is C48H30BNO2. The van der Waals surface area contributed by atoms with Crippen LogP contribution in [0.4, 0.5) is 0 Å². The SMILES string of the molecule is c1ccc(-c2cccc(-c3ccc4c(c3)-c3cccc5c3B(O4)c3ccc(-c4cccc(-n6c7ccccc7c7ccccc76)c4)cc3O5)c2)cc1. The molecule has 0 atom stereocenters. The van der Waals surface area contributed by atoms with E-state index >= 15 is 0 Å². The van der Waals surface area contributed by atoms with Gasteiger partial charge in [0.05, 0.1) is 11.0 Å². The van der Waals surface area contributed by atoms with E-state index in [0.717, 1.165) is 61.7 Å². The molecule has 11 rings (SSSR count). The van der Waals surface area contributed by atoms with E-state index in [2.05, 4.69) is 187 Å². The predicted molar refractivity (Wildman–Crippen MR) is 215 cm³/mol. The average molecular weight is 664 g/mol. The van der Waals surface area contributed by atoms with Gasteiger partial charge in [-0.05, 0) is 93.5 Å². The van der Waals surface area contributed by atoms with Crippen LogP contribution in [-0.4, -0.2) is 11.5 Å². The molecule has 0 radical (unpaired) electrons. The highest BCUT2D eigenvalue weighted by molar-refractivity contribution is 6.84. The van der Waals surface area contributed by atoms with Gasteiger partial charge in [-0.1, -0.05) is 127 Å². The summed E-state index contributed by atoms with van der Waals surface area (Å²) >= 11 is 0. The van der Waals surface area contributed by atoms with E-state index < -0.39 is 0 Å². The standard InChI is InChI=1S/C48H30BNO2/c1-2-11-31(12-3-1)32-13-8-14-33(27-32)35-24-26-45-41(29-35)40-19-10-22-46-48(40)49(52-45)42-25-23-36(30-47(42)51-46)34-15-9-16-37(28-34)50-43-20-6-4-17-38(43)39-18-5-7-21-44(39)50/h1-30H. The molecule has 0 saturated carbocycles. The lowest BCUT2D eigenvalue weighted by molar-refractivity contribution is 0.479. The van der Waals surface area contributed by atoms with E-state index in [1.807, 2.05) is 0 Å². The summed E-state index contributed by atoms with van der Waals surface area (Å²) in [4.78, 5) is 0. The fourth-order valence-corrected chi connectivity index (χ4v) is 8.24. The third-order valence-corrected chi connectivity index (χ3v) is 10.7. The van der Waals surface area contributed by atoms with Crippen molar-refractivity contribution < 1.29 is 9.39 Å². The Morgan fingerprint density at radius 1 is 0.385 bits per heavy atom. The molecule has 52 heavy (non-hydrogen) atoms. The molecule has 2 aliphatic rings. The molecule has 3 heterocycles. The van der Waals surface area contributed by atoms with E-state index in [9.17, 15) is 0 Å². The maximum absolute atomic E-state index is 6.86.